The maximum absolute atomic E-state index is 11.5. The number of unbranched alkanes of at least 4 members (excludes halogenated alkanes) is 1. The van der Waals surface area contributed by atoms with Gasteiger partial charge in [-0.25, -0.2) is 4.79 Å². The van der Waals surface area contributed by atoms with E-state index in [2.05, 4.69) is 0 Å². The lowest BCUT2D eigenvalue weighted by Gasteiger charge is -2.22. The monoisotopic (exact) mass is 224 g/mol. The van der Waals surface area contributed by atoms with Crippen LogP contribution in [-0.4, -0.2) is 28.4 Å². The number of ether oxygens (including phenoxy) is 1. The summed E-state index contributed by atoms with van der Waals surface area (Å²) in [5, 5.41) is 19.2. The summed E-state index contributed by atoms with van der Waals surface area (Å²) in [7, 11) is 0. The average Bonchev–Trinajstić information content (AvgIpc) is 2.58. The molecule has 0 aromatic heterocycles. The fourth-order valence-electron chi connectivity index (χ4n) is 2.11. The van der Waals surface area contributed by atoms with E-state index in [0.717, 1.165) is 18.4 Å². The molecule has 0 bridgehead atoms. The van der Waals surface area contributed by atoms with Gasteiger partial charge in [-0.15, -0.1) is 0 Å². The predicted octanol–water partition coefficient (Wildman–Crippen LogP) is 1.04. The molecule has 4 nitrogen and oxygen atoms in total. The molecule has 1 aliphatic heterocycles. The molecule has 2 atom stereocenters. The van der Waals surface area contributed by atoms with Crippen LogP contribution in [0.2, 0.25) is 0 Å². The third-order valence-electron chi connectivity index (χ3n) is 3.01. The highest BCUT2D eigenvalue weighted by Crippen LogP contribution is 2.37. The molecule has 0 saturated heterocycles. The van der Waals surface area contributed by atoms with Crippen LogP contribution < -0.4 is 0 Å². The van der Waals surface area contributed by atoms with Crippen LogP contribution in [0, 0.1) is 0 Å². The van der Waals surface area contributed by atoms with Crippen LogP contribution in [0.1, 0.15) is 32.6 Å². The van der Waals surface area contributed by atoms with E-state index in [1.165, 1.54) is 0 Å². The lowest BCUT2D eigenvalue weighted by atomic mass is 9.87. The second-order valence-corrected chi connectivity index (χ2v) is 4.19. The van der Waals surface area contributed by atoms with Crippen molar-refractivity contribution in [2.75, 3.05) is 0 Å². The van der Waals surface area contributed by atoms with E-state index < -0.39 is 18.2 Å². The van der Waals surface area contributed by atoms with E-state index in [0.29, 0.717) is 18.6 Å². The third-order valence-corrected chi connectivity index (χ3v) is 3.01. The van der Waals surface area contributed by atoms with Gasteiger partial charge in [-0.1, -0.05) is 13.3 Å². The number of cyclic esters (lactones) is 1. The minimum atomic E-state index is -1.09. The summed E-state index contributed by atoms with van der Waals surface area (Å²) < 4.78 is 5.11. The zero-order valence-electron chi connectivity index (χ0n) is 9.27. The van der Waals surface area contributed by atoms with Gasteiger partial charge < -0.3 is 14.9 Å². The maximum Gasteiger partial charge on any atom is 0.342 e. The van der Waals surface area contributed by atoms with Crippen LogP contribution in [0.5, 0.6) is 0 Å². The lowest BCUT2D eigenvalue weighted by Crippen LogP contribution is -2.33. The molecule has 0 aromatic rings. The van der Waals surface area contributed by atoms with Gasteiger partial charge in [-0.2, -0.15) is 0 Å². The first-order chi connectivity index (χ1) is 7.65. The van der Waals surface area contributed by atoms with Crippen molar-refractivity contribution >= 4 is 5.97 Å². The summed E-state index contributed by atoms with van der Waals surface area (Å²) >= 11 is 0. The molecule has 16 heavy (non-hydrogen) atoms. The Labute approximate surface area is 94.2 Å². The molecule has 88 valence electrons. The van der Waals surface area contributed by atoms with Crippen LogP contribution in [0.3, 0.4) is 0 Å². The van der Waals surface area contributed by atoms with Crippen LogP contribution in [-0.2, 0) is 9.53 Å². The Morgan fingerprint density at radius 3 is 2.94 bits per heavy atom. The van der Waals surface area contributed by atoms with Crippen molar-refractivity contribution in [3.05, 3.63) is 23.0 Å². The number of allylic oxidation sites excluding steroid dienone is 2. The van der Waals surface area contributed by atoms with Gasteiger partial charge in [0.25, 0.3) is 0 Å². The first-order valence-corrected chi connectivity index (χ1v) is 5.67. The molecule has 1 aliphatic carbocycles. The quantitative estimate of drug-likeness (QED) is 0.688. The summed E-state index contributed by atoms with van der Waals surface area (Å²) in [6.07, 6.45) is 2.83. The average molecular weight is 224 g/mol. The number of aliphatic hydroxyl groups is 2. The molecule has 0 radical (unpaired) electrons. The molecule has 4 heteroatoms. The summed E-state index contributed by atoms with van der Waals surface area (Å²) in [5.74, 6) is 0.0661. The van der Waals surface area contributed by atoms with Gasteiger partial charge in [0.05, 0.1) is 11.7 Å². The summed E-state index contributed by atoms with van der Waals surface area (Å²) in [6, 6.07) is 0. The van der Waals surface area contributed by atoms with E-state index in [-0.39, 0.29) is 5.57 Å². The Morgan fingerprint density at radius 2 is 2.25 bits per heavy atom. The Bertz CT molecular complexity index is 367. The third kappa shape index (κ3) is 1.79. The first-order valence-electron chi connectivity index (χ1n) is 5.67. The van der Waals surface area contributed by atoms with Crippen LogP contribution in [0.25, 0.3) is 0 Å². The summed E-state index contributed by atoms with van der Waals surface area (Å²) in [5.41, 5.74) is 1.03. The van der Waals surface area contributed by atoms with E-state index in [4.69, 9.17) is 4.74 Å². The van der Waals surface area contributed by atoms with Crippen molar-refractivity contribution in [1.29, 1.82) is 0 Å². The topological polar surface area (TPSA) is 66.8 Å². The molecule has 0 unspecified atom stereocenters. The molecule has 2 rings (SSSR count). The number of hydrogen-bond acceptors (Lipinski definition) is 4. The van der Waals surface area contributed by atoms with Crippen molar-refractivity contribution in [2.24, 2.45) is 0 Å². The van der Waals surface area contributed by atoms with Gasteiger partial charge in [0, 0.05) is 5.57 Å². The first kappa shape index (κ1) is 11.4. The van der Waals surface area contributed by atoms with Crippen LogP contribution >= 0.6 is 0 Å². The number of aliphatic hydroxyl groups excluding tert-OH is 2. The molecular formula is C12H16O4. The smallest absolute Gasteiger partial charge is 0.342 e. The van der Waals surface area contributed by atoms with E-state index in [9.17, 15) is 15.0 Å². The molecule has 1 heterocycles. The molecule has 0 saturated carbocycles. The van der Waals surface area contributed by atoms with Crippen LogP contribution in [0.4, 0.5) is 0 Å². The summed E-state index contributed by atoms with van der Waals surface area (Å²) in [4.78, 5) is 11.5. The van der Waals surface area contributed by atoms with Gasteiger partial charge in [-0.3, -0.25) is 0 Å². The Kier molecular flexibility index (Phi) is 3.12. The highest BCUT2D eigenvalue weighted by Gasteiger charge is 2.40. The van der Waals surface area contributed by atoms with Gasteiger partial charge >= 0.3 is 5.97 Å². The fourth-order valence-corrected chi connectivity index (χ4v) is 2.11. The number of esters is 1. The maximum atomic E-state index is 11.5. The molecular weight excluding hydrogens is 208 g/mol. The molecule has 0 aromatic carbocycles. The van der Waals surface area contributed by atoms with Crippen molar-refractivity contribution in [3.8, 4) is 0 Å². The number of hydrogen-bond donors (Lipinski definition) is 2. The largest absolute Gasteiger partial charge is 0.423 e. The second-order valence-electron chi connectivity index (χ2n) is 4.19. The minimum absolute atomic E-state index is 0.251. The Balaban J connectivity index is 2.31. The number of rotatable bonds is 2. The molecule has 2 aliphatic rings. The number of carbonyl (C=O) groups is 1. The fraction of sp³-hybridized carbons (Fsp3) is 0.583. The van der Waals surface area contributed by atoms with Crippen molar-refractivity contribution in [3.63, 3.8) is 0 Å². The molecule has 0 amide bonds. The standard InChI is InChI=1S/C12H16O4/c1-2-3-4-9-7-5-6-8(13)11(14)10(7)12(15)16-9/h4,8,11,13-14H,2-3,5-6H2,1H3/b9-4+/t8-,11-/m0/s1. The van der Waals surface area contributed by atoms with Crippen molar-refractivity contribution < 1.29 is 19.7 Å². The zero-order valence-corrected chi connectivity index (χ0v) is 9.27. The van der Waals surface area contributed by atoms with Gasteiger partial charge in [0.1, 0.15) is 11.9 Å². The van der Waals surface area contributed by atoms with Gasteiger partial charge in [-0.05, 0) is 25.3 Å². The van der Waals surface area contributed by atoms with Gasteiger partial charge in [0.2, 0.25) is 0 Å². The van der Waals surface area contributed by atoms with Crippen molar-refractivity contribution in [2.45, 2.75) is 44.8 Å². The zero-order chi connectivity index (χ0) is 11.7. The summed E-state index contributed by atoms with van der Waals surface area (Å²) in [6.45, 7) is 2.04. The molecule has 0 fully saturated rings. The lowest BCUT2D eigenvalue weighted by molar-refractivity contribution is -0.135. The second kappa shape index (κ2) is 4.39. The Hall–Kier alpha value is -1.13. The molecule has 0 spiro atoms. The SMILES string of the molecule is CCC/C=C1/OC(=O)C2=C1CC[C@H](O)[C@@H]2O. The molecule has 2 N–H and O–H groups in total. The minimum Gasteiger partial charge on any atom is -0.423 e. The normalized spacial score (nSPS) is 31.9. The van der Waals surface area contributed by atoms with E-state index >= 15 is 0 Å². The van der Waals surface area contributed by atoms with E-state index in [1.807, 2.05) is 13.0 Å². The van der Waals surface area contributed by atoms with Gasteiger partial charge in [0.15, 0.2) is 0 Å². The highest BCUT2D eigenvalue weighted by atomic mass is 16.5. The van der Waals surface area contributed by atoms with Crippen molar-refractivity contribution in [1.82, 2.24) is 0 Å². The number of carbonyl (C=O) groups excluding carboxylic acids is 1. The van der Waals surface area contributed by atoms with E-state index in [1.54, 1.807) is 0 Å². The predicted molar refractivity (Wildman–Crippen MR) is 57.4 cm³/mol. The van der Waals surface area contributed by atoms with Crippen LogP contribution in [0.15, 0.2) is 23.0 Å². The Morgan fingerprint density at radius 1 is 1.50 bits per heavy atom. The highest BCUT2D eigenvalue weighted by molar-refractivity contribution is 5.96.